The van der Waals surface area contributed by atoms with Crippen LogP contribution in [-0.2, 0) is 0 Å². The molecule has 1 aliphatic rings. The summed E-state index contributed by atoms with van der Waals surface area (Å²) in [4.78, 5) is 2.38. The van der Waals surface area contributed by atoms with Gasteiger partial charge in [0.25, 0.3) is 0 Å². The van der Waals surface area contributed by atoms with Gasteiger partial charge >= 0.3 is 0 Å². The third kappa shape index (κ3) is 3.58. The quantitative estimate of drug-likeness (QED) is 0.733. The number of likely N-dealkylation sites (tertiary alicyclic amines) is 1. The van der Waals surface area contributed by atoms with Crippen LogP contribution in [0.2, 0.25) is 0 Å². The maximum atomic E-state index is 8.84. The molecule has 0 spiro atoms. The van der Waals surface area contributed by atoms with Crippen LogP contribution in [0, 0.1) is 11.8 Å². The molecule has 1 rings (SSSR count). The van der Waals surface area contributed by atoms with E-state index in [1.807, 2.05) is 0 Å². The minimum Gasteiger partial charge on any atom is -0.395 e. The molecule has 0 radical (unpaired) electrons. The molecule has 2 heteroatoms. The number of piperidine rings is 1. The lowest BCUT2D eigenvalue weighted by atomic mass is 9.83. The van der Waals surface area contributed by atoms with Crippen LogP contribution >= 0.6 is 0 Å². The molecule has 1 saturated heterocycles. The zero-order chi connectivity index (χ0) is 10.4. The smallest absolute Gasteiger partial charge is 0.0558 e. The van der Waals surface area contributed by atoms with Crippen LogP contribution < -0.4 is 0 Å². The minimum absolute atomic E-state index is 0.315. The monoisotopic (exact) mass is 199 g/mol. The van der Waals surface area contributed by atoms with Gasteiger partial charge in [-0.05, 0) is 37.8 Å². The molecule has 1 atom stereocenters. The standard InChI is InChI=1S/C12H25NO/c1-3-4-11(2)12-5-7-13(8-6-12)9-10-14/h11-12,14H,3-10H2,1-2H3. The summed E-state index contributed by atoms with van der Waals surface area (Å²) in [6.45, 7) is 8.25. The first-order valence-corrected chi connectivity index (χ1v) is 6.11. The van der Waals surface area contributed by atoms with Crippen LogP contribution in [-0.4, -0.2) is 36.2 Å². The number of aliphatic hydroxyl groups excluding tert-OH is 1. The maximum Gasteiger partial charge on any atom is 0.0558 e. The molecule has 0 aromatic carbocycles. The zero-order valence-electron chi connectivity index (χ0n) is 9.71. The van der Waals surface area contributed by atoms with Crippen molar-refractivity contribution in [1.82, 2.24) is 4.90 Å². The maximum absolute atomic E-state index is 8.84. The Balaban J connectivity index is 2.21. The number of hydrogen-bond donors (Lipinski definition) is 1. The highest BCUT2D eigenvalue weighted by Gasteiger charge is 2.22. The van der Waals surface area contributed by atoms with Gasteiger partial charge in [-0.25, -0.2) is 0 Å². The van der Waals surface area contributed by atoms with E-state index in [4.69, 9.17) is 5.11 Å². The van der Waals surface area contributed by atoms with Gasteiger partial charge < -0.3 is 10.0 Å². The first-order valence-electron chi connectivity index (χ1n) is 6.11. The van der Waals surface area contributed by atoms with Crippen molar-refractivity contribution < 1.29 is 5.11 Å². The van der Waals surface area contributed by atoms with Gasteiger partial charge in [0.05, 0.1) is 6.61 Å². The first-order chi connectivity index (χ1) is 6.77. The number of β-amino-alcohol motifs (C(OH)–C–C–N with tert-alkyl or cyclic N) is 1. The highest BCUT2D eigenvalue weighted by Crippen LogP contribution is 2.27. The van der Waals surface area contributed by atoms with Crippen molar-refractivity contribution in [3.8, 4) is 0 Å². The summed E-state index contributed by atoms with van der Waals surface area (Å²) >= 11 is 0. The van der Waals surface area contributed by atoms with Gasteiger partial charge in [0.2, 0.25) is 0 Å². The highest BCUT2D eigenvalue weighted by atomic mass is 16.3. The van der Waals surface area contributed by atoms with Crippen LogP contribution in [0.15, 0.2) is 0 Å². The third-order valence-corrected chi connectivity index (χ3v) is 3.60. The Labute approximate surface area is 88.3 Å². The summed E-state index contributed by atoms with van der Waals surface area (Å²) in [5.41, 5.74) is 0. The van der Waals surface area contributed by atoms with Crippen molar-refractivity contribution >= 4 is 0 Å². The summed E-state index contributed by atoms with van der Waals surface area (Å²) in [5, 5.41) is 8.84. The van der Waals surface area contributed by atoms with E-state index >= 15 is 0 Å². The third-order valence-electron chi connectivity index (χ3n) is 3.60. The SMILES string of the molecule is CCCC(C)C1CCN(CCO)CC1. The van der Waals surface area contributed by atoms with Crippen molar-refractivity contribution in [2.75, 3.05) is 26.2 Å². The van der Waals surface area contributed by atoms with Crippen LogP contribution in [0.1, 0.15) is 39.5 Å². The molecule has 0 aromatic rings. The van der Waals surface area contributed by atoms with Crippen molar-refractivity contribution in [3.05, 3.63) is 0 Å². The van der Waals surface area contributed by atoms with Crippen molar-refractivity contribution in [1.29, 1.82) is 0 Å². The molecule has 2 nitrogen and oxygen atoms in total. The summed E-state index contributed by atoms with van der Waals surface area (Å²) in [6.07, 6.45) is 5.37. The van der Waals surface area contributed by atoms with Crippen LogP contribution in [0.4, 0.5) is 0 Å². The van der Waals surface area contributed by atoms with Crippen molar-refractivity contribution in [3.63, 3.8) is 0 Å². The lowest BCUT2D eigenvalue weighted by Crippen LogP contribution is -2.37. The Kier molecular flexibility index (Phi) is 5.49. The van der Waals surface area contributed by atoms with Crippen LogP contribution in [0.25, 0.3) is 0 Å². The lowest BCUT2D eigenvalue weighted by Gasteiger charge is -2.34. The Morgan fingerprint density at radius 3 is 2.50 bits per heavy atom. The molecule has 0 saturated carbocycles. The fourth-order valence-electron chi connectivity index (χ4n) is 2.58. The number of aliphatic hydroxyl groups is 1. The minimum atomic E-state index is 0.315. The summed E-state index contributed by atoms with van der Waals surface area (Å²) in [7, 11) is 0. The summed E-state index contributed by atoms with van der Waals surface area (Å²) in [6, 6.07) is 0. The molecule has 14 heavy (non-hydrogen) atoms. The van der Waals surface area contributed by atoms with E-state index in [9.17, 15) is 0 Å². The fraction of sp³-hybridized carbons (Fsp3) is 1.00. The zero-order valence-corrected chi connectivity index (χ0v) is 9.71. The normalized spacial score (nSPS) is 22.5. The largest absolute Gasteiger partial charge is 0.395 e. The average molecular weight is 199 g/mol. The second-order valence-electron chi connectivity index (χ2n) is 4.67. The summed E-state index contributed by atoms with van der Waals surface area (Å²) < 4.78 is 0. The second-order valence-corrected chi connectivity index (χ2v) is 4.67. The van der Waals surface area contributed by atoms with E-state index in [0.717, 1.165) is 18.4 Å². The molecular weight excluding hydrogens is 174 g/mol. The van der Waals surface area contributed by atoms with Gasteiger partial charge in [0.1, 0.15) is 0 Å². The van der Waals surface area contributed by atoms with E-state index in [2.05, 4.69) is 18.7 Å². The first kappa shape index (κ1) is 12.0. The molecular formula is C12H25NO. The van der Waals surface area contributed by atoms with E-state index in [0.29, 0.717) is 6.61 Å². The van der Waals surface area contributed by atoms with E-state index < -0.39 is 0 Å². The number of hydrogen-bond acceptors (Lipinski definition) is 2. The van der Waals surface area contributed by atoms with E-state index in [-0.39, 0.29) is 0 Å². The molecule has 1 heterocycles. The summed E-state index contributed by atoms with van der Waals surface area (Å²) in [5.74, 6) is 1.83. The Hall–Kier alpha value is -0.0800. The topological polar surface area (TPSA) is 23.5 Å². The van der Waals surface area contributed by atoms with Gasteiger partial charge in [-0.2, -0.15) is 0 Å². The lowest BCUT2D eigenvalue weighted by molar-refractivity contribution is 0.125. The van der Waals surface area contributed by atoms with E-state index in [1.165, 1.54) is 38.8 Å². The molecule has 0 aromatic heterocycles. The highest BCUT2D eigenvalue weighted by molar-refractivity contribution is 4.75. The van der Waals surface area contributed by atoms with Gasteiger partial charge in [0, 0.05) is 6.54 Å². The van der Waals surface area contributed by atoms with Gasteiger partial charge in [-0.3, -0.25) is 0 Å². The molecule has 1 unspecified atom stereocenters. The number of rotatable bonds is 5. The molecule has 0 amide bonds. The predicted molar refractivity (Wildman–Crippen MR) is 60.3 cm³/mol. The van der Waals surface area contributed by atoms with Crippen LogP contribution in [0.3, 0.4) is 0 Å². The van der Waals surface area contributed by atoms with Gasteiger partial charge in [0.15, 0.2) is 0 Å². The second kappa shape index (κ2) is 6.41. The van der Waals surface area contributed by atoms with Gasteiger partial charge in [-0.15, -0.1) is 0 Å². The molecule has 84 valence electrons. The Bertz CT molecular complexity index is 141. The predicted octanol–water partition coefficient (Wildman–Crippen LogP) is 2.13. The fourth-order valence-corrected chi connectivity index (χ4v) is 2.58. The molecule has 1 N–H and O–H groups in total. The molecule has 0 aliphatic carbocycles. The number of nitrogens with zero attached hydrogens (tertiary/aromatic N) is 1. The Morgan fingerprint density at radius 2 is 2.00 bits per heavy atom. The van der Waals surface area contributed by atoms with E-state index in [1.54, 1.807) is 0 Å². The molecule has 1 fully saturated rings. The van der Waals surface area contributed by atoms with Crippen molar-refractivity contribution in [2.24, 2.45) is 11.8 Å². The van der Waals surface area contributed by atoms with Crippen LogP contribution in [0.5, 0.6) is 0 Å². The molecule has 1 aliphatic heterocycles. The Morgan fingerprint density at radius 1 is 1.36 bits per heavy atom. The average Bonchev–Trinajstić information content (AvgIpc) is 2.20. The van der Waals surface area contributed by atoms with Crippen molar-refractivity contribution in [2.45, 2.75) is 39.5 Å². The molecule has 0 bridgehead atoms. The van der Waals surface area contributed by atoms with Gasteiger partial charge in [-0.1, -0.05) is 26.7 Å².